The predicted octanol–water partition coefficient (Wildman–Crippen LogP) is 4.08. The summed E-state index contributed by atoms with van der Waals surface area (Å²) in [5.74, 6) is 0.873. The van der Waals surface area contributed by atoms with Gasteiger partial charge in [0.2, 0.25) is 0 Å². The second-order valence-electron chi connectivity index (χ2n) is 6.06. The van der Waals surface area contributed by atoms with Crippen LogP contribution in [0, 0.1) is 0 Å². The summed E-state index contributed by atoms with van der Waals surface area (Å²) in [7, 11) is 4.04. The summed E-state index contributed by atoms with van der Waals surface area (Å²) < 4.78 is 5.98. The normalized spacial score (nSPS) is 13.9. The molecule has 1 heterocycles. The molecule has 0 saturated heterocycles. The van der Waals surface area contributed by atoms with Crippen molar-refractivity contribution in [1.82, 2.24) is 5.43 Å². The lowest BCUT2D eigenvalue weighted by molar-refractivity contribution is 0.350. The Labute approximate surface area is 148 Å². The first-order valence-corrected chi connectivity index (χ1v) is 8.30. The molecule has 3 rings (SSSR count). The highest BCUT2D eigenvalue weighted by Crippen LogP contribution is 2.28. The van der Waals surface area contributed by atoms with Crippen molar-refractivity contribution in [2.45, 2.75) is 6.92 Å². The fourth-order valence-corrected chi connectivity index (χ4v) is 2.86. The molecule has 4 nitrogen and oxygen atoms in total. The number of hydrogen-bond acceptors (Lipinski definition) is 4. The lowest BCUT2D eigenvalue weighted by Gasteiger charge is -2.21. The Balaban J connectivity index is 1.65. The molecule has 0 unspecified atom stereocenters. The maximum atomic E-state index is 6.28. The van der Waals surface area contributed by atoms with Gasteiger partial charge in [-0.3, -0.25) is 5.01 Å². The van der Waals surface area contributed by atoms with E-state index in [1.807, 2.05) is 61.6 Å². The first kappa shape index (κ1) is 16.5. The summed E-state index contributed by atoms with van der Waals surface area (Å²) in [5, 5.41) is 2.78. The number of rotatable bonds is 5. The fraction of sp³-hybridized carbons (Fsp3) is 0.263. The van der Waals surface area contributed by atoms with Crippen molar-refractivity contribution in [3.8, 4) is 5.75 Å². The number of nitrogens with zero attached hydrogens (tertiary/aromatic N) is 2. The molecule has 0 bridgehead atoms. The van der Waals surface area contributed by atoms with Crippen molar-refractivity contribution < 1.29 is 4.74 Å². The first-order chi connectivity index (χ1) is 11.5. The molecule has 0 fully saturated rings. The molecule has 0 aliphatic carbocycles. The van der Waals surface area contributed by atoms with E-state index in [-0.39, 0.29) is 0 Å². The summed E-state index contributed by atoms with van der Waals surface area (Å²) in [5.41, 5.74) is 7.79. The molecule has 0 radical (unpaired) electrons. The predicted molar refractivity (Wildman–Crippen MR) is 101 cm³/mol. The number of anilines is 2. The van der Waals surface area contributed by atoms with E-state index in [0.717, 1.165) is 34.4 Å². The van der Waals surface area contributed by atoms with Crippen LogP contribution in [0.5, 0.6) is 5.75 Å². The van der Waals surface area contributed by atoms with Crippen LogP contribution in [0.3, 0.4) is 0 Å². The molecule has 0 aromatic heterocycles. The summed E-state index contributed by atoms with van der Waals surface area (Å²) in [6, 6.07) is 15.9. The van der Waals surface area contributed by atoms with Crippen LogP contribution in [0.25, 0.3) is 0 Å². The smallest absolute Gasteiger partial charge is 0.121 e. The number of halogens is 1. The fourth-order valence-electron chi connectivity index (χ4n) is 2.62. The Hall–Kier alpha value is -2.33. The Morgan fingerprint density at radius 2 is 1.96 bits per heavy atom. The largest absolute Gasteiger partial charge is 0.489 e. The number of nitrogens with one attached hydrogen (secondary N) is 1. The molecule has 5 heteroatoms. The average molecular weight is 344 g/mol. The van der Waals surface area contributed by atoms with Gasteiger partial charge in [0.05, 0.1) is 17.3 Å². The van der Waals surface area contributed by atoms with Crippen LogP contribution in [0.4, 0.5) is 11.4 Å². The van der Waals surface area contributed by atoms with Gasteiger partial charge in [-0.05, 0) is 31.2 Å². The molecule has 1 aliphatic heterocycles. The van der Waals surface area contributed by atoms with Crippen LogP contribution in [-0.4, -0.2) is 27.2 Å². The van der Waals surface area contributed by atoms with Gasteiger partial charge in [0.15, 0.2) is 0 Å². The highest BCUT2D eigenvalue weighted by Gasteiger charge is 2.21. The van der Waals surface area contributed by atoms with Gasteiger partial charge in [-0.2, -0.15) is 0 Å². The van der Waals surface area contributed by atoms with Crippen LogP contribution >= 0.6 is 11.6 Å². The molecule has 2 aromatic rings. The van der Waals surface area contributed by atoms with E-state index in [1.165, 1.54) is 5.57 Å². The van der Waals surface area contributed by atoms with Crippen molar-refractivity contribution in [1.29, 1.82) is 0 Å². The number of hydrazine groups is 1. The minimum absolute atomic E-state index is 0.552. The Morgan fingerprint density at radius 1 is 1.17 bits per heavy atom. The maximum Gasteiger partial charge on any atom is 0.121 e. The van der Waals surface area contributed by atoms with Crippen LogP contribution in [-0.2, 0) is 0 Å². The molecule has 0 saturated carbocycles. The number of allylic oxidation sites excluding steroid dienone is 1. The Kier molecular flexibility index (Phi) is 4.86. The zero-order chi connectivity index (χ0) is 17.1. The van der Waals surface area contributed by atoms with Gasteiger partial charge in [-0.1, -0.05) is 29.8 Å². The summed E-state index contributed by atoms with van der Waals surface area (Å²) in [6.45, 7) is 3.37. The van der Waals surface area contributed by atoms with Gasteiger partial charge in [0, 0.05) is 37.1 Å². The zero-order valence-electron chi connectivity index (χ0n) is 14.2. The van der Waals surface area contributed by atoms with Crippen LogP contribution < -0.4 is 20.1 Å². The van der Waals surface area contributed by atoms with Crippen molar-refractivity contribution in [3.63, 3.8) is 0 Å². The topological polar surface area (TPSA) is 27.7 Å². The molecule has 2 aromatic carbocycles. The number of para-hydroxylation sites is 1. The monoisotopic (exact) mass is 343 g/mol. The lowest BCUT2D eigenvalue weighted by Crippen LogP contribution is -2.31. The summed E-state index contributed by atoms with van der Waals surface area (Å²) >= 11 is 6.28. The highest BCUT2D eigenvalue weighted by atomic mass is 35.5. The Morgan fingerprint density at radius 3 is 2.71 bits per heavy atom. The van der Waals surface area contributed by atoms with Gasteiger partial charge in [-0.15, -0.1) is 0 Å². The van der Waals surface area contributed by atoms with Gasteiger partial charge < -0.3 is 15.1 Å². The zero-order valence-corrected chi connectivity index (χ0v) is 15.0. The number of benzene rings is 2. The van der Waals surface area contributed by atoms with Crippen LogP contribution in [0.2, 0.25) is 5.02 Å². The quantitative estimate of drug-likeness (QED) is 0.885. The third kappa shape index (κ3) is 3.60. The lowest BCUT2D eigenvalue weighted by atomic mass is 10.2. The number of ether oxygens (including phenoxy) is 1. The van der Waals surface area contributed by atoms with Crippen molar-refractivity contribution in [3.05, 3.63) is 64.8 Å². The minimum Gasteiger partial charge on any atom is -0.489 e. The average Bonchev–Trinajstić information content (AvgIpc) is 2.94. The second kappa shape index (κ2) is 7.05. The maximum absolute atomic E-state index is 6.28. The van der Waals surface area contributed by atoms with E-state index in [4.69, 9.17) is 16.3 Å². The van der Waals surface area contributed by atoms with E-state index in [2.05, 4.69) is 23.3 Å². The summed E-state index contributed by atoms with van der Waals surface area (Å²) in [4.78, 5) is 2.06. The molecular formula is C19H22ClN3O. The molecule has 0 amide bonds. The van der Waals surface area contributed by atoms with Crippen LogP contribution in [0.1, 0.15) is 6.92 Å². The molecular weight excluding hydrogens is 322 g/mol. The van der Waals surface area contributed by atoms with Crippen molar-refractivity contribution in [2.24, 2.45) is 0 Å². The van der Waals surface area contributed by atoms with E-state index in [1.54, 1.807) is 0 Å². The molecule has 1 aliphatic rings. The van der Waals surface area contributed by atoms with E-state index in [9.17, 15) is 0 Å². The van der Waals surface area contributed by atoms with Gasteiger partial charge in [0.25, 0.3) is 0 Å². The van der Waals surface area contributed by atoms with Gasteiger partial charge in [0.1, 0.15) is 12.4 Å². The standard InChI is InChI=1S/C19H22ClN3O/c1-14-15(12-23(21-14)19-10-5-4-9-18(19)20)13-24-17-8-6-7-16(11-17)22(2)3/h4-11,21H,12-13H2,1-3H3. The van der Waals surface area contributed by atoms with E-state index >= 15 is 0 Å². The van der Waals surface area contributed by atoms with Crippen molar-refractivity contribution in [2.75, 3.05) is 37.2 Å². The second-order valence-corrected chi connectivity index (χ2v) is 6.47. The Bertz CT molecular complexity index is 758. The molecule has 0 spiro atoms. The van der Waals surface area contributed by atoms with Gasteiger partial charge in [-0.25, -0.2) is 0 Å². The SMILES string of the molecule is CC1=C(COc2cccc(N(C)C)c2)CN(c2ccccc2Cl)N1. The van der Waals surface area contributed by atoms with E-state index in [0.29, 0.717) is 6.61 Å². The third-order valence-corrected chi connectivity index (χ3v) is 4.39. The first-order valence-electron chi connectivity index (χ1n) is 7.92. The summed E-state index contributed by atoms with van der Waals surface area (Å²) in [6.07, 6.45) is 0. The highest BCUT2D eigenvalue weighted by molar-refractivity contribution is 6.33. The third-order valence-electron chi connectivity index (χ3n) is 4.07. The number of hydrogen-bond donors (Lipinski definition) is 1. The molecule has 24 heavy (non-hydrogen) atoms. The van der Waals surface area contributed by atoms with Gasteiger partial charge >= 0.3 is 0 Å². The van der Waals surface area contributed by atoms with Crippen LogP contribution in [0.15, 0.2) is 59.8 Å². The minimum atomic E-state index is 0.552. The molecule has 0 atom stereocenters. The van der Waals surface area contributed by atoms with E-state index < -0.39 is 0 Å². The molecule has 1 N–H and O–H groups in total. The molecule has 126 valence electrons. The van der Waals surface area contributed by atoms with Crippen molar-refractivity contribution >= 4 is 23.0 Å².